The molecule has 1 heterocycles. The minimum atomic E-state index is 0.486. The smallest absolute Gasteiger partial charge is 0.132 e. The fourth-order valence-corrected chi connectivity index (χ4v) is 1.63. The van der Waals surface area contributed by atoms with E-state index in [1.807, 2.05) is 50.5 Å². The van der Waals surface area contributed by atoms with Gasteiger partial charge in [-0.1, -0.05) is 17.7 Å². The van der Waals surface area contributed by atoms with E-state index in [0.717, 1.165) is 17.2 Å². The van der Waals surface area contributed by atoms with Crippen molar-refractivity contribution in [1.29, 1.82) is 0 Å². The number of rotatable bonds is 3. The van der Waals surface area contributed by atoms with Gasteiger partial charge in [-0.2, -0.15) is 0 Å². The van der Waals surface area contributed by atoms with Crippen molar-refractivity contribution in [3.63, 3.8) is 0 Å². The molecule has 2 aromatic rings. The van der Waals surface area contributed by atoms with Crippen molar-refractivity contribution < 1.29 is 0 Å². The van der Waals surface area contributed by atoms with Crippen LogP contribution in [0.4, 0.5) is 17.2 Å². The van der Waals surface area contributed by atoms with Crippen LogP contribution >= 0.6 is 11.6 Å². The molecule has 88 valence electrons. The molecule has 4 heteroatoms. The maximum absolute atomic E-state index is 5.82. The van der Waals surface area contributed by atoms with Crippen molar-refractivity contribution in [3.8, 4) is 0 Å². The van der Waals surface area contributed by atoms with E-state index in [0.29, 0.717) is 5.15 Å². The molecule has 0 aliphatic rings. The summed E-state index contributed by atoms with van der Waals surface area (Å²) < 4.78 is 0. The normalized spacial score (nSPS) is 10.1. The lowest BCUT2D eigenvalue weighted by molar-refractivity contribution is 1.13. The van der Waals surface area contributed by atoms with Gasteiger partial charge in [0.2, 0.25) is 0 Å². The highest BCUT2D eigenvalue weighted by atomic mass is 35.5. The summed E-state index contributed by atoms with van der Waals surface area (Å²) in [6, 6.07) is 13.6. The van der Waals surface area contributed by atoms with E-state index in [2.05, 4.69) is 15.2 Å². The van der Waals surface area contributed by atoms with E-state index in [4.69, 9.17) is 11.6 Å². The number of pyridine rings is 1. The van der Waals surface area contributed by atoms with Gasteiger partial charge in [0.25, 0.3) is 0 Å². The molecule has 0 amide bonds. The molecule has 2 rings (SSSR count). The third-order valence-electron chi connectivity index (χ3n) is 2.37. The zero-order chi connectivity index (χ0) is 12.3. The average molecular weight is 248 g/mol. The average Bonchev–Trinajstić information content (AvgIpc) is 2.29. The van der Waals surface area contributed by atoms with Gasteiger partial charge >= 0.3 is 0 Å². The largest absolute Gasteiger partial charge is 0.378 e. The summed E-state index contributed by atoms with van der Waals surface area (Å²) in [6.07, 6.45) is 0. The molecule has 1 aromatic carbocycles. The van der Waals surface area contributed by atoms with Crippen LogP contribution in [0, 0.1) is 0 Å². The van der Waals surface area contributed by atoms with Crippen molar-refractivity contribution in [3.05, 3.63) is 47.6 Å². The molecule has 0 aliphatic carbocycles. The molecule has 0 radical (unpaired) electrons. The molecule has 0 saturated carbocycles. The summed E-state index contributed by atoms with van der Waals surface area (Å²) in [5, 5.41) is 3.68. The minimum absolute atomic E-state index is 0.486. The highest BCUT2D eigenvalue weighted by Crippen LogP contribution is 2.19. The van der Waals surface area contributed by atoms with Gasteiger partial charge in [-0.05, 0) is 36.4 Å². The molecule has 1 aromatic heterocycles. The first kappa shape index (κ1) is 11.7. The third-order valence-corrected chi connectivity index (χ3v) is 2.58. The molecule has 0 aliphatic heterocycles. The van der Waals surface area contributed by atoms with E-state index in [1.54, 1.807) is 6.07 Å². The zero-order valence-corrected chi connectivity index (χ0v) is 10.6. The Morgan fingerprint density at radius 1 is 1.06 bits per heavy atom. The molecular formula is C13H14ClN3. The SMILES string of the molecule is CN(C)c1ccc(Nc2cccc(Cl)n2)cc1. The van der Waals surface area contributed by atoms with Gasteiger partial charge in [0.15, 0.2) is 0 Å². The first-order chi connectivity index (χ1) is 8.15. The van der Waals surface area contributed by atoms with Crippen molar-refractivity contribution in [2.75, 3.05) is 24.3 Å². The summed E-state index contributed by atoms with van der Waals surface area (Å²) in [5.74, 6) is 0.745. The number of nitrogens with one attached hydrogen (secondary N) is 1. The molecule has 0 spiro atoms. The van der Waals surface area contributed by atoms with Crippen LogP contribution in [0.15, 0.2) is 42.5 Å². The van der Waals surface area contributed by atoms with Crippen LogP contribution in [0.25, 0.3) is 0 Å². The summed E-state index contributed by atoms with van der Waals surface area (Å²) in [6.45, 7) is 0. The van der Waals surface area contributed by atoms with E-state index < -0.39 is 0 Å². The van der Waals surface area contributed by atoms with Gasteiger partial charge in [0.1, 0.15) is 11.0 Å². The van der Waals surface area contributed by atoms with Gasteiger partial charge in [0.05, 0.1) is 0 Å². The highest BCUT2D eigenvalue weighted by molar-refractivity contribution is 6.29. The number of nitrogens with zero attached hydrogens (tertiary/aromatic N) is 2. The second-order valence-corrected chi connectivity index (χ2v) is 4.30. The Labute approximate surface area is 106 Å². The van der Waals surface area contributed by atoms with Crippen molar-refractivity contribution >= 4 is 28.8 Å². The fourth-order valence-electron chi connectivity index (χ4n) is 1.47. The van der Waals surface area contributed by atoms with Gasteiger partial charge < -0.3 is 10.2 Å². The van der Waals surface area contributed by atoms with Crippen LogP contribution < -0.4 is 10.2 Å². The Bertz CT molecular complexity index is 494. The lowest BCUT2D eigenvalue weighted by Crippen LogP contribution is -2.08. The van der Waals surface area contributed by atoms with Crippen LogP contribution in [0.1, 0.15) is 0 Å². The fraction of sp³-hybridized carbons (Fsp3) is 0.154. The first-order valence-electron chi connectivity index (χ1n) is 5.32. The van der Waals surface area contributed by atoms with Crippen molar-refractivity contribution in [1.82, 2.24) is 4.98 Å². The lowest BCUT2D eigenvalue weighted by Gasteiger charge is -2.13. The molecule has 0 fully saturated rings. The van der Waals surface area contributed by atoms with Gasteiger partial charge in [-0.3, -0.25) is 0 Å². The maximum atomic E-state index is 5.82. The van der Waals surface area contributed by atoms with Crippen LogP contribution in [0.5, 0.6) is 0 Å². The Balaban J connectivity index is 2.14. The molecule has 17 heavy (non-hydrogen) atoms. The Hall–Kier alpha value is -1.74. The molecule has 0 bridgehead atoms. The molecule has 1 N–H and O–H groups in total. The van der Waals surface area contributed by atoms with Gasteiger partial charge in [-0.15, -0.1) is 0 Å². The Kier molecular flexibility index (Phi) is 3.49. The number of hydrogen-bond acceptors (Lipinski definition) is 3. The summed E-state index contributed by atoms with van der Waals surface area (Å²) in [5.41, 5.74) is 2.15. The van der Waals surface area contributed by atoms with Crippen molar-refractivity contribution in [2.24, 2.45) is 0 Å². The van der Waals surface area contributed by atoms with Gasteiger partial charge in [-0.25, -0.2) is 4.98 Å². The topological polar surface area (TPSA) is 28.2 Å². The summed E-state index contributed by atoms with van der Waals surface area (Å²) in [4.78, 5) is 6.23. The molecular weight excluding hydrogens is 234 g/mol. The minimum Gasteiger partial charge on any atom is -0.378 e. The standard InChI is InChI=1S/C13H14ClN3/c1-17(2)11-8-6-10(7-9-11)15-13-5-3-4-12(14)16-13/h3-9H,1-2H3,(H,15,16). The number of halogens is 1. The predicted octanol–water partition coefficient (Wildman–Crippen LogP) is 3.54. The van der Waals surface area contributed by atoms with Gasteiger partial charge in [0, 0.05) is 25.5 Å². The van der Waals surface area contributed by atoms with Crippen molar-refractivity contribution in [2.45, 2.75) is 0 Å². The zero-order valence-electron chi connectivity index (χ0n) is 9.81. The number of benzene rings is 1. The van der Waals surface area contributed by atoms with E-state index >= 15 is 0 Å². The highest BCUT2D eigenvalue weighted by Gasteiger charge is 1.98. The summed E-state index contributed by atoms with van der Waals surface area (Å²) >= 11 is 5.82. The van der Waals surface area contributed by atoms with E-state index in [-0.39, 0.29) is 0 Å². The first-order valence-corrected chi connectivity index (χ1v) is 5.70. The quantitative estimate of drug-likeness (QED) is 0.841. The van der Waals surface area contributed by atoms with Crippen LogP contribution in [0.2, 0.25) is 5.15 Å². The second kappa shape index (κ2) is 5.06. The Morgan fingerprint density at radius 3 is 2.35 bits per heavy atom. The molecule has 0 atom stereocenters. The lowest BCUT2D eigenvalue weighted by atomic mass is 10.2. The maximum Gasteiger partial charge on any atom is 0.132 e. The number of anilines is 3. The molecule has 0 saturated heterocycles. The summed E-state index contributed by atoms with van der Waals surface area (Å²) in [7, 11) is 4.03. The van der Waals surface area contributed by atoms with Crippen LogP contribution in [-0.4, -0.2) is 19.1 Å². The molecule has 0 unspecified atom stereocenters. The third kappa shape index (κ3) is 3.11. The monoisotopic (exact) mass is 247 g/mol. The van der Waals surface area contributed by atoms with E-state index in [9.17, 15) is 0 Å². The number of aromatic nitrogens is 1. The second-order valence-electron chi connectivity index (χ2n) is 3.91. The number of hydrogen-bond donors (Lipinski definition) is 1. The Morgan fingerprint density at radius 2 is 1.76 bits per heavy atom. The van der Waals surface area contributed by atoms with E-state index in [1.165, 1.54) is 0 Å². The van der Waals surface area contributed by atoms with Crippen LogP contribution in [0.3, 0.4) is 0 Å². The molecule has 3 nitrogen and oxygen atoms in total. The van der Waals surface area contributed by atoms with Crippen LogP contribution in [-0.2, 0) is 0 Å². The predicted molar refractivity (Wildman–Crippen MR) is 73.3 cm³/mol.